The third-order valence-corrected chi connectivity index (χ3v) is 2.66. The van der Waals surface area contributed by atoms with Gasteiger partial charge in [-0.1, -0.05) is 6.08 Å². The Morgan fingerprint density at radius 1 is 1.47 bits per heavy atom. The van der Waals surface area contributed by atoms with Gasteiger partial charge in [0.05, 0.1) is 6.61 Å². The highest BCUT2D eigenvalue weighted by Gasteiger charge is 2.21. The van der Waals surface area contributed by atoms with Crippen molar-refractivity contribution in [2.24, 2.45) is 0 Å². The molecule has 0 aromatic rings. The van der Waals surface area contributed by atoms with Gasteiger partial charge in [-0.2, -0.15) is 0 Å². The fourth-order valence-corrected chi connectivity index (χ4v) is 1.61. The van der Waals surface area contributed by atoms with Crippen LogP contribution < -0.4 is 0 Å². The van der Waals surface area contributed by atoms with Crippen LogP contribution >= 0.6 is 0 Å². The molecule has 1 heterocycles. The molecule has 17 heavy (non-hydrogen) atoms. The normalized spacial score (nSPS) is 25.9. The minimum absolute atomic E-state index is 0.176. The summed E-state index contributed by atoms with van der Waals surface area (Å²) in [5.74, 6) is -0.890. The highest BCUT2D eigenvalue weighted by Crippen LogP contribution is 2.20. The summed E-state index contributed by atoms with van der Waals surface area (Å²) >= 11 is 0. The molecule has 1 aliphatic heterocycles. The van der Waals surface area contributed by atoms with Crippen molar-refractivity contribution in [2.45, 2.75) is 45.2 Å². The fourth-order valence-electron chi connectivity index (χ4n) is 1.61. The van der Waals surface area contributed by atoms with E-state index in [4.69, 9.17) is 19.3 Å². The van der Waals surface area contributed by atoms with Crippen molar-refractivity contribution in [3.63, 3.8) is 0 Å². The molecular weight excluding hydrogens is 224 g/mol. The molecule has 0 radical (unpaired) electrons. The molecule has 5 heteroatoms. The highest BCUT2D eigenvalue weighted by atomic mass is 16.8. The van der Waals surface area contributed by atoms with Gasteiger partial charge < -0.3 is 19.3 Å². The Labute approximate surface area is 101 Å². The summed E-state index contributed by atoms with van der Waals surface area (Å²) < 4.78 is 16.1. The Kier molecular flexibility index (Phi) is 6.18. The van der Waals surface area contributed by atoms with Crippen LogP contribution in [0.1, 0.15) is 32.6 Å². The Morgan fingerprint density at radius 3 is 2.82 bits per heavy atom. The SMILES string of the molecule is COC1CCCC(OCCC=C(C)C(=O)O)O1. The van der Waals surface area contributed by atoms with Crippen LogP contribution in [-0.4, -0.2) is 37.4 Å². The molecule has 0 aliphatic carbocycles. The molecule has 5 nitrogen and oxygen atoms in total. The van der Waals surface area contributed by atoms with Crippen LogP contribution in [0.3, 0.4) is 0 Å². The van der Waals surface area contributed by atoms with Gasteiger partial charge >= 0.3 is 5.97 Å². The fraction of sp³-hybridized carbons (Fsp3) is 0.750. The van der Waals surface area contributed by atoms with Gasteiger partial charge in [-0.05, 0) is 32.6 Å². The molecule has 0 aromatic carbocycles. The van der Waals surface area contributed by atoms with Gasteiger partial charge in [0.2, 0.25) is 0 Å². The van der Waals surface area contributed by atoms with Gasteiger partial charge in [-0.25, -0.2) is 4.79 Å². The zero-order valence-electron chi connectivity index (χ0n) is 10.3. The molecule has 98 valence electrons. The van der Waals surface area contributed by atoms with E-state index in [-0.39, 0.29) is 12.6 Å². The van der Waals surface area contributed by atoms with Gasteiger partial charge in [0.25, 0.3) is 0 Å². The summed E-state index contributed by atoms with van der Waals surface area (Å²) in [6.07, 6.45) is 4.61. The largest absolute Gasteiger partial charge is 0.478 e. The van der Waals surface area contributed by atoms with Crippen molar-refractivity contribution >= 4 is 5.97 Å². The van der Waals surface area contributed by atoms with Crippen LogP contribution in [0.15, 0.2) is 11.6 Å². The topological polar surface area (TPSA) is 65.0 Å². The Balaban J connectivity index is 2.18. The van der Waals surface area contributed by atoms with Gasteiger partial charge in [-0.15, -0.1) is 0 Å². The lowest BCUT2D eigenvalue weighted by Crippen LogP contribution is -2.30. The third-order valence-electron chi connectivity index (χ3n) is 2.66. The van der Waals surface area contributed by atoms with E-state index in [0.29, 0.717) is 18.6 Å². The van der Waals surface area contributed by atoms with E-state index in [9.17, 15) is 4.79 Å². The highest BCUT2D eigenvalue weighted by molar-refractivity contribution is 5.85. The minimum atomic E-state index is -0.890. The summed E-state index contributed by atoms with van der Waals surface area (Å²) in [5.41, 5.74) is 0.341. The van der Waals surface area contributed by atoms with Crippen LogP contribution in [-0.2, 0) is 19.0 Å². The lowest BCUT2D eigenvalue weighted by atomic mass is 10.2. The summed E-state index contributed by atoms with van der Waals surface area (Å²) in [4.78, 5) is 10.5. The Morgan fingerprint density at radius 2 is 2.18 bits per heavy atom. The molecule has 2 unspecified atom stereocenters. The van der Waals surface area contributed by atoms with Crippen LogP contribution in [0.25, 0.3) is 0 Å². The second-order valence-corrected chi connectivity index (χ2v) is 4.01. The van der Waals surface area contributed by atoms with Crippen molar-refractivity contribution in [3.8, 4) is 0 Å². The molecule has 0 amide bonds. The first kappa shape index (κ1) is 14.2. The van der Waals surface area contributed by atoms with Crippen LogP contribution in [0.2, 0.25) is 0 Å². The number of carboxylic acid groups (broad SMARTS) is 1. The van der Waals surface area contributed by atoms with Crippen molar-refractivity contribution in [1.82, 2.24) is 0 Å². The molecule has 1 saturated heterocycles. The molecule has 0 spiro atoms. The van der Waals surface area contributed by atoms with Crippen molar-refractivity contribution < 1.29 is 24.1 Å². The van der Waals surface area contributed by atoms with E-state index < -0.39 is 5.97 Å². The van der Waals surface area contributed by atoms with Gasteiger partial charge in [0.15, 0.2) is 12.6 Å². The van der Waals surface area contributed by atoms with Crippen molar-refractivity contribution in [2.75, 3.05) is 13.7 Å². The Bertz CT molecular complexity index is 274. The summed E-state index contributed by atoms with van der Waals surface area (Å²) in [6.45, 7) is 2.03. The molecule has 1 N–H and O–H groups in total. The van der Waals surface area contributed by atoms with E-state index in [1.54, 1.807) is 20.1 Å². The van der Waals surface area contributed by atoms with E-state index >= 15 is 0 Å². The standard InChI is InChI=1S/C12H20O5/c1-9(12(13)14)5-4-8-16-11-7-3-6-10(15-2)17-11/h5,10-11H,3-4,6-8H2,1-2H3,(H,13,14). The number of aliphatic carboxylic acids is 1. The van der Waals surface area contributed by atoms with E-state index in [1.165, 1.54) is 0 Å². The summed E-state index contributed by atoms with van der Waals surface area (Å²) in [6, 6.07) is 0. The van der Waals surface area contributed by atoms with Crippen LogP contribution in [0.5, 0.6) is 0 Å². The number of carboxylic acids is 1. The average Bonchev–Trinajstić information content (AvgIpc) is 2.34. The van der Waals surface area contributed by atoms with Crippen LogP contribution in [0.4, 0.5) is 0 Å². The van der Waals surface area contributed by atoms with Gasteiger partial charge in [-0.3, -0.25) is 0 Å². The van der Waals surface area contributed by atoms with Crippen molar-refractivity contribution in [3.05, 3.63) is 11.6 Å². The third kappa shape index (κ3) is 5.30. The number of hydrogen-bond donors (Lipinski definition) is 1. The maximum atomic E-state index is 10.5. The van der Waals surface area contributed by atoms with Crippen molar-refractivity contribution in [1.29, 1.82) is 0 Å². The first-order chi connectivity index (χ1) is 8.13. The van der Waals surface area contributed by atoms with Gasteiger partial charge in [0.1, 0.15) is 0 Å². The van der Waals surface area contributed by atoms with E-state index in [0.717, 1.165) is 19.3 Å². The maximum Gasteiger partial charge on any atom is 0.330 e. The second-order valence-electron chi connectivity index (χ2n) is 4.01. The number of ether oxygens (including phenoxy) is 3. The quantitative estimate of drug-likeness (QED) is 0.571. The zero-order valence-corrected chi connectivity index (χ0v) is 10.3. The monoisotopic (exact) mass is 244 g/mol. The van der Waals surface area contributed by atoms with E-state index in [1.807, 2.05) is 0 Å². The lowest BCUT2D eigenvalue weighted by molar-refractivity contribution is -0.259. The first-order valence-electron chi connectivity index (χ1n) is 5.83. The molecule has 2 atom stereocenters. The second kappa shape index (κ2) is 7.42. The number of methoxy groups -OCH3 is 1. The number of hydrogen-bond acceptors (Lipinski definition) is 4. The van der Waals surface area contributed by atoms with Crippen LogP contribution in [0, 0.1) is 0 Å². The molecule has 0 saturated carbocycles. The lowest BCUT2D eigenvalue weighted by Gasteiger charge is -2.28. The summed E-state index contributed by atoms with van der Waals surface area (Å²) in [7, 11) is 1.62. The smallest absolute Gasteiger partial charge is 0.330 e. The number of rotatable bonds is 6. The average molecular weight is 244 g/mol. The summed E-state index contributed by atoms with van der Waals surface area (Å²) in [5, 5.41) is 8.65. The molecular formula is C12H20O5. The predicted octanol–water partition coefficient (Wildman–Crippen LogP) is 1.92. The zero-order chi connectivity index (χ0) is 12.7. The van der Waals surface area contributed by atoms with E-state index in [2.05, 4.69) is 0 Å². The number of carbonyl (C=O) groups is 1. The molecule has 1 aliphatic rings. The van der Waals surface area contributed by atoms with Gasteiger partial charge in [0, 0.05) is 12.7 Å². The Hall–Kier alpha value is -0.910. The first-order valence-corrected chi connectivity index (χ1v) is 5.83. The minimum Gasteiger partial charge on any atom is -0.478 e. The molecule has 1 rings (SSSR count). The molecule has 0 bridgehead atoms. The predicted molar refractivity (Wildman–Crippen MR) is 61.5 cm³/mol. The molecule has 0 aromatic heterocycles. The molecule has 1 fully saturated rings. The maximum absolute atomic E-state index is 10.5.